The Morgan fingerprint density at radius 2 is 1.85 bits per heavy atom. The number of carboxylic acids is 1. The van der Waals surface area contributed by atoms with Crippen molar-refractivity contribution in [3.63, 3.8) is 0 Å². The van der Waals surface area contributed by atoms with Crippen molar-refractivity contribution in [2.45, 2.75) is 63.0 Å². The predicted octanol–water partition coefficient (Wildman–Crippen LogP) is 1.64. The molecule has 0 aromatic carbocycles. The maximum absolute atomic E-state index is 11.7. The summed E-state index contributed by atoms with van der Waals surface area (Å²) in [5, 5.41) is 14.3. The van der Waals surface area contributed by atoms with Gasteiger partial charge in [0.05, 0.1) is 12.7 Å². The Labute approximate surface area is 119 Å². The molecule has 0 aromatic rings. The van der Waals surface area contributed by atoms with Crippen LogP contribution in [0.3, 0.4) is 0 Å². The van der Waals surface area contributed by atoms with E-state index in [1.54, 1.807) is 0 Å². The lowest BCUT2D eigenvalue weighted by atomic mass is 9.77. The van der Waals surface area contributed by atoms with Crippen molar-refractivity contribution in [2.24, 2.45) is 0 Å². The van der Waals surface area contributed by atoms with Gasteiger partial charge in [-0.1, -0.05) is 19.3 Å². The number of hydrogen-bond donors (Lipinski definition) is 3. The molecule has 0 unspecified atom stereocenters. The zero-order valence-electron chi connectivity index (χ0n) is 11.8. The second kappa shape index (κ2) is 6.92. The predicted molar refractivity (Wildman–Crippen MR) is 73.6 cm³/mol. The minimum Gasteiger partial charge on any atom is -0.480 e. The van der Waals surface area contributed by atoms with Crippen molar-refractivity contribution < 1.29 is 19.4 Å². The first kappa shape index (κ1) is 15.1. The molecule has 0 heterocycles. The third-order valence-corrected chi connectivity index (χ3v) is 4.26. The van der Waals surface area contributed by atoms with E-state index in [2.05, 4.69) is 10.6 Å². The first-order chi connectivity index (χ1) is 9.62. The van der Waals surface area contributed by atoms with Crippen LogP contribution >= 0.6 is 0 Å². The number of aliphatic carboxylic acids is 1. The molecule has 114 valence electrons. The van der Waals surface area contributed by atoms with E-state index in [9.17, 15) is 9.59 Å². The maximum Gasteiger partial charge on any atom is 0.329 e. The molecule has 6 nitrogen and oxygen atoms in total. The molecule has 0 atom stereocenters. The zero-order chi connectivity index (χ0) is 14.4. The summed E-state index contributed by atoms with van der Waals surface area (Å²) in [7, 11) is 0. The van der Waals surface area contributed by atoms with Crippen molar-refractivity contribution >= 4 is 12.0 Å². The molecule has 6 heteroatoms. The summed E-state index contributed by atoms with van der Waals surface area (Å²) in [6, 6.07) is -0.417. The average Bonchev–Trinajstić information content (AvgIpc) is 2.40. The number of amides is 2. The van der Waals surface area contributed by atoms with Gasteiger partial charge < -0.3 is 20.5 Å². The van der Waals surface area contributed by atoms with Crippen molar-refractivity contribution in [3.05, 3.63) is 0 Å². The quantitative estimate of drug-likeness (QED) is 0.647. The summed E-state index contributed by atoms with van der Waals surface area (Å²) in [6.07, 6.45) is 8.13. The number of carboxylic acid groups (broad SMARTS) is 1. The van der Waals surface area contributed by atoms with Crippen LogP contribution in [0.25, 0.3) is 0 Å². The Morgan fingerprint density at radius 1 is 1.15 bits per heavy atom. The van der Waals surface area contributed by atoms with Gasteiger partial charge in [-0.25, -0.2) is 9.59 Å². The number of ether oxygens (including phenoxy) is 1. The fraction of sp³-hybridized carbons (Fsp3) is 0.857. The highest BCUT2D eigenvalue weighted by Crippen LogP contribution is 2.31. The molecule has 2 fully saturated rings. The van der Waals surface area contributed by atoms with E-state index < -0.39 is 17.5 Å². The normalized spacial score (nSPS) is 21.8. The first-order valence-electron chi connectivity index (χ1n) is 7.53. The molecule has 2 amide bonds. The molecule has 2 rings (SSSR count). The van der Waals surface area contributed by atoms with Crippen molar-refractivity contribution in [3.8, 4) is 0 Å². The molecule has 0 bridgehead atoms. The second-order valence-electron chi connectivity index (χ2n) is 5.75. The minimum absolute atomic E-state index is 0.325. The van der Waals surface area contributed by atoms with E-state index >= 15 is 0 Å². The van der Waals surface area contributed by atoms with Gasteiger partial charge in [0.1, 0.15) is 5.54 Å². The smallest absolute Gasteiger partial charge is 0.329 e. The highest BCUT2D eigenvalue weighted by Gasteiger charge is 2.45. The number of urea groups is 1. The zero-order valence-corrected chi connectivity index (χ0v) is 11.8. The van der Waals surface area contributed by atoms with Gasteiger partial charge >= 0.3 is 12.0 Å². The highest BCUT2D eigenvalue weighted by atomic mass is 16.5. The molecular formula is C14H24N2O4. The molecule has 0 saturated heterocycles. The second-order valence-corrected chi connectivity index (χ2v) is 5.75. The van der Waals surface area contributed by atoms with Gasteiger partial charge in [0.15, 0.2) is 0 Å². The summed E-state index contributed by atoms with van der Waals surface area (Å²) in [4.78, 5) is 22.8. The Bertz CT molecular complexity index is 349. The summed E-state index contributed by atoms with van der Waals surface area (Å²) >= 11 is 0. The van der Waals surface area contributed by atoms with Crippen LogP contribution < -0.4 is 10.6 Å². The monoisotopic (exact) mass is 284 g/mol. The molecule has 0 aromatic heterocycles. The van der Waals surface area contributed by atoms with Gasteiger partial charge in [-0.2, -0.15) is 0 Å². The van der Waals surface area contributed by atoms with E-state index in [0.717, 1.165) is 19.3 Å². The Balaban J connectivity index is 1.59. The molecule has 20 heavy (non-hydrogen) atoms. The number of rotatable bonds is 6. The van der Waals surface area contributed by atoms with Crippen LogP contribution in [-0.2, 0) is 9.53 Å². The van der Waals surface area contributed by atoms with Crippen molar-refractivity contribution in [1.29, 1.82) is 0 Å². The summed E-state index contributed by atoms with van der Waals surface area (Å²) < 4.78 is 5.69. The largest absolute Gasteiger partial charge is 0.480 e. The molecule has 2 saturated carbocycles. The van der Waals surface area contributed by atoms with Gasteiger partial charge in [-0.3, -0.25) is 0 Å². The van der Waals surface area contributed by atoms with Crippen LogP contribution in [0.5, 0.6) is 0 Å². The Kier molecular flexibility index (Phi) is 5.23. The van der Waals surface area contributed by atoms with Gasteiger partial charge in [-0.15, -0.1) is 0 Å². The Hall–Kier alpha value is -1.30. The fourth-order valence-corrected chi connectivity index (χ4v) is 2.81. The van der Waals surface area contributed by atoms with E-state index in [4.69, 9.17) is 9.84 Å². The minimum atomic E-state index is -1.05. The maximum atomic E-state index is 11.7. The molecule has 0 aliphatic heterocycles. The van der Waals surface area contributed by atoms with E-state index in [1.807, 2.05) is 0 Å². The SMILES string of the molecule is O=C(NCCOC1CCCCC1)NC1(C(=O)O)CCC1. The van der Waals surface area contributed by atoms with E-state index in [-0.39, 0.29) is 0 Å². The molecule has 3 N–H and O–H groups in total. The lowest BCUT2D eigenvalue weighted by molar-refractivity contribution is -0.148. The lowest BCUT2D eigenvalue weighted by Crippen LogP contribution is -2.61. The third kappa shape index (κ3) is 3.85. The average molecular weight is 284 g/mol. The highest BCUT2D eigenvalue weighted by molar-refractivity contribution is 5.87. The summed E-state index contributed by atoms with van der Waals surface area (Å²) in [6.45, 7) is 0.899. The first-order valence-corrected chi connectivity index (χ1v) is 7.53. The van der Waals surface area contributed by atoms with Crippen LogP contribution in [0, 0.1) is 0 Å². The summed E-state index contributed by atoms with van der Waals surface area (Å²) in [5.41, 5.74) is -1.05. The van der Waals surface area contributed by atoms with Gasteiger partial charge in [0.25, 0.3) is 0 Å². The Morgan fingerprint density at radius 3 is 2.40 bits per heavy atom. The van der Waals surface area contributed by atoms with Crippen LogP contribution in [0.15, 0.2) is 0 Å². The number of nitrogens with one attached hydrogen (secondary N) is 2. The lowest BCUT2D eigenvalue weighted by Gasteiger charge is -2.38. The van der Waals surface area contributed by atoms with Gasteiger partial charge in [-0.05, 0) is 32.1 Å². The molecule has 2 aliphatic carbocycles. The van der Waals surface area contributed by atoms with Crippen molar-refractivity contribution in [1.82, 2.24) is 10.6 Å². The molecule has 0 radical (unpaired) electrons. The fourth-order valence-electron chi connectivity index (χ4n) is 2.81. The van der Waals surface area contributed by atoms with Gasteiger partial charge in [0, 0.05) is 6.54 Å². The van der Waals surface area contributed by atoms with Gasteiger partial charge in [0.2, 0.25) is 0 Å². The van der Waals surface area contributed by atoms with E-state index in [0.29, 0.717) is 32.1 Å². The van der Waals surface area contributed by atoms with Crippen LogP contribution in [0.1, 0.15) is 51.4 Å². The number of hydrogen-bond acceptors (Lipinski definition) is 3. The third-order valence-electron chi connectivity index (χ3n) is 4.26. The van der Waals surface area contributed by atoms with Crippen LogP contribution in [0.4, 0.5) is 4.79 Å². The van der Waals surface area contributed by atoms with Crippen LogP contribution in [-0.4, -0.2) is 41.9 Å². The topological polar surface area (TPSA) is 87.7 Å². The molecule has 2 aliphatic rings. The molecular weight excluding hydrogens is 260 g/mol. The standard InChI is InChI=1S/C14H24N2O4/c17-12(18)14(7-4-8-14)16-13(19)15-9-10-20-11-5-2-1-3-6-11/h11H,1-10H2,(H,17,18)(H2,15,16,19). The number of carbonyl (C=O) groups excluding carboxylic acids is 1. The summed E-state index contributed by atoms with van der Waals surface area (Å²) in [5.74, 6) is -0.947. The number of carbonyl (C=O) groups is 2. The van der Waals surface area contributed by atoms with E-state index in [1.165, 1.54) is 19.3 Å². The van der Waals surface area contributed by atoms with Crippen molar-refractivity contribution in [2.75, 3.05) is 13.2 Å². The van der Waals surface area contributed by atoms with Crippen LogP contribution in [0.2, 0.25) is 0 Å². The molecule has 0 spiro atoms.